The van der Waals surface area contributed by atoms with Gasteiger partial charge in [0.1, 0.15) is 42.4 Å². The molecule has 2 aliphatic heterocycles. The summed E-state index contributed by atoms with van der Waals surface area (Å²) in [6.07, 6.45) is -8.90. The number of hydrogen-bond acceptors (Lipinski definition) is 11. The standard InChI is InChI=1S/C14H21N3O9/c15-7-1-2-17(14(23)16-7)12-11(9(21)6(4-19)24-12)26-13-10(22)8(20)5(3-18)25-13/h1-2,5-6,8-13,18-22H,3-4H2,(H2,15,16,23)/t5-,6+,8-,9+,10+,11+,12+,13-/m0/s1. The molecule has 12 heteroatoms. The predicted octanol–water partition coefficient (Wildman–Crippen LogP) is -4.10. The van der Waals surface area contributed by atoms with E-state index in [2.05, 4.69) is 4.98 Å². The van der Waals surface area contributed by atoms with E-state index in [0.29, 0.717) is 0 Å². The smallest absolute Gasteiger partial charge is 0.351 e. The Labute approximate surface area is 147 Å². The van der Waals surface area contributed by atoms with Crippen molar-refractivity contribution in [2.24, 2.45) is 0 Å². The van der Waals surface area contributed by atoms with Crippen LogP contribution < -0.4 is 11.4 Å². The minimum Gasteiger partial charge on any atom is -0.394 e. The third-order valence-corrected chi connectivity index (χ3v) is 4.41. The van der Waals surface area contributed by atoms with Crippen molar-refractivity contribution in [1.29, 1.82) is 0 Å². The lowest BCUT2D eigenvalue weighted by Gasteiger charge is -2.26. The zero-order chi connectivity index (χ0) is 19.0. The van der Waals surface area contributed by atoms with Crippen LogP contribution in [0.3, 0.4) is 0 Å². The highest BCUT2D eigenvalue weighted by Gasteiger charge is 2.51. The molecule has 3 rings (SSSR count). The van der Waals surface area contributed by atoms with Crippen molar-refractivity contribution in [3.8, 4) is 0 Å². The Bertz CT molecular complexity index is 686. The summed E-state index contributed by atoms with van der Waals surface area (Å²) in [5.41, 5.74) is 4.68. The van der Waals surface area contributed by atoms with Crippen molar-refractivity contribution in [3.05, 3.63) is 22.7 Å². The van der Waals surface area contributed by atoms with Crippen LogP contribution in [0.15, 0.2) is 17.1 Å². The number of anilines is 1. The van der Waals surface area contributed by atoms with Gasteiger partial charge in [0.25, 0.3) is 0 Å². The van der Waals surface area contributed by atoms with Crippen LogP contribution in [0.4, 0.5) is 5.82 Å². The number of rotatable bonds is 5. The Kier molecular flexibility index (Phi) is 5.55. The molecule has 0 spiro atoms. The van der Waals surface area contributed by atoms with Crippen LogP contribution in [0.5, 0.6) is 0 Å². The van der Waals surface area contributed by atoms with Gasteiger partial charge in [0.15, 0.2) is 12.5 Å². The molecule has 2 saturated heterocycles. The molecule has 1 aromatic rings. The maximum absolute atomic E-state index is 12.1. The highest BCUT2D eigenvalue weighted by molar-refractivity contribution is 5.23. The molecule has 0 aliphatic carbocycles. The molecule has 1 aromatic heterocycles. The summed E-state index contributed by atoms with van der Waals surface area (Å²) in [5, 5.41) is 48.6. The first kappa shape index (κ1) is 19.1. The van der Waals surface area contributed by atoms with Crippen LogP contribution >= 0.6 is 0 Å². The maximum atomic E-state index is 12.1. The van der Waals surface area contributed by atoms with Crippen LogP contribution in [0.25, 0.3) is 0 Å². The van der Waals surface area contributed by atoms with Gasteiger partial charge in [0.05, 0.1) is 13.2 Å². The minimum absolute atomic E-state index is 0.00979. The van der Waals surface area contributed by atoms with Crippen LogP contribution in [0, 0.1) is 0 Å². The summed E-state index contributed by atoms with van der Waals surface area (Å²) in [7, 11) is 0. The van der Waals surface area contributed by atoms with E-state index in [0.717, 1.165) is 4.57 Å². The van der Waals surface area contributed by atoms with E-state index in [4.69, 9.17) is 25.1 Å². The predicted molar refractivity (Wildman–Crippen MR) is 82.5 cm³/mol. The summed E-state index contributed by atoms with van der Waals surface area (Å²) in [5.74, 6) is -0.00979. The molecule has 0 aromatic carbocycles. The van der Waals surface area contributed by atoms with Crippen molar-refractivity contribution in [3.63, 3.8) is 0 Å². The molecule has 0 bridgehead atoms. The molecular weight excluding hydrogens is 354 g/mol. The first-order chi connectivity index (χ1) is 12.4. The number of aromatic nitrogens is 2. The van der Waals surface area contributed by atoms with Gasteiger partial charge in [0, 0.05) is 6.20 Å². The molecule has 0 radical (unpaired) electrons. The molecule has 0 unspecified atom stereocenters. The van der Waals surface area contributed by atoms with Crippen molar-refractivity contribution in [2.75, 3.05) is 18.9 Å². The number of nitrogen functional groups attached to an aromatic ring is 1. The van der Waals surface area contributed by atoms with Gasteiger partial charge in [-0.3, -0.25) is 4.57 Å². The Hall–Kier alpha value is -1.64. The lowest BCUT2D eigenvalue weighted by molar-refractivity contribution is -0.220. The molecule has 12 nitrogen and oxygen atoms in total. The second-order valence-corrected chi connectivity index (χ2v) is 6.09. The van der Waals surface area contributed by atoms with Gasteiger partial charge in [0.2, 0.25) is 0 Å². The summed E-state index contributed by atoms with van der Waals surface area (Å²) in [4.78, 5) is 15.6. The molecule has 8 atom stereocenters. The molecular formula is C14H21N3O9. The molecule has 26 heavy (non-hydrogen) atoms. The van der Waals surface area contributed by atoms with Crippen molar-refractivity contribution < 1.29 is 39.7 Å². The van der Waals surface area contributed by atoms with Crippen LogP contribution in [0.1, 0.15) is 6.23 Å². The highest BCUT2D eigenvalue weighted by atomic mass is 16.7. The number of nitrogens with two attached hydrogens (primary N) is 1. The van der Waals surface area contributed by atoms with E-state index in [1.54, 1.807) is 0 Å². The van der Waals surface area contributed by atoms with Crippen molar-refractivity contribution in [2.45, 2.75) is 49.1 Å². The largest absolute Gasteiger partial charge is 0.394 e. The fraction of sp³-hybridized carbons (Fsp3) is 0.714. The number of ether oxygens (including phenoxy) is 3. The third-order valence-electron chi connectivity index (χ3n) is 4.41. The summed E-state index contributed by atoms with van der Waals surface area (Å²) in [6.45, 7) is -1.10. The van der Waals surface area contributed by atoms with Crippen LogP contribution in [0.2, 0.25) is 0 Å². The summed E-state index contributed by atoms with van der Waals surface area (Å²) < 4.78 is 17.2. The summed E-state index contributed by atoms with van der Waals surface area (Å²) in [6, 6.07) is 1.34. The SMILES string of the molecule is Nc1ccn([C@@H]2O[C@H](CO)[C@@H](O)[C@H]2O[C@@H]2O[C@@H](CO)[C@H](O)[C@H]2O)c(=O)n1. The third kappa shape index (κ3) is 3.33. The Morgan fingerprint density at radius 2 is 1.77 bits per heavy atom. The van der Waals surface area contributed by atoms with E-state index in [9.17, 15) is 25.2 Å². The lowest BCUT2D eigenvalue weighted by Crippen LogP contribution is -2.43. The average Bonchev–Trinajstić information content (AvgIpc) is 3.07. The Morgan fingerprint density at radius 1 is 1.12 bits per heavy atom. The summed E-state index contributed by atoms with van der Waals surface area (Å²) >= 11 is 0. The number of aliphatic hydroxyl groups excluding tert-OH is 5. The number of aliphatic hydroxyl groups is 5. The first-order valence-electron chi connectivity index (χ1n) is 7.94. The molecule has 2 aliphatic rings. The van der Waals surface area contributed by atoms with E-state index in [1.165, 1.54) is 12.3 Å². The molecule has 3 heterocycles. The lowest BCUT2D eigenvalue weighted by atomic mass is 10.1. The van der Waals surface area contributed by atoms with Gasteiger partial charge in [-0.15, -0.1) is 0 Å². The quantitative estimate of drug-likeness (QED) is 0.293. The van der Waals surface area contributed by atoms with Gasteiger partial charge in [-0.05, 0) is 6.07 Å². The molecule has 0 amide bonds. The molecule has 146 valence electrons. The Balaban J connectivity index is 1.85. The topological polar surface area (TPSA) is 190 Å². The van der Waals surface area contributed by atoms with E-state index >= 15 is 0 Å². The van der Waals surface area contributed by atoms with Gasteiger partial charge in [-0.25, -0.2) is 4.79 Å². The molecule has 7 N–H and O–H groups in total. The monoisotopic (exact) mass is 375 g/mol. The molecule has 0 saturated carbocycles. The number of hydrogen-bond donors (Lipinski definition) is 6. The highest BCUT2D eigenvalue weighted by Crippen LogP contribution is 2.34. The van der Waals surface area contributed by atoms with E-state index < -0.39 is 68.0 Å². The zero-order valence-corrected chi connectivity index (χ0v) is 13.5. The van der Waals surface area contributed by atoms with Crippen LogP contribution in [-0.4, -0.2) is 91.2 Å². The average molecular weight is 375 g/mol. The number of nitrogens with zero attached hydrogens (tertiary/aromatic N) is 2. The van der Waals surface area contributed by atoms with E-state index in [-0.39, 0.29) is 5.82 Å². The molecule has 2 fully saturated rings. The fourth-order valence-electron chi connectivity index (χ4n) is 2.99. The van der Waals surface area contributed by atoms with Gasteiger partial charge in [-0.1, -0.05) is 0 Å². The second-order valence-electron chi connectivity index (χ2n) is 6.09. The fourth-order valence-corrected chi connectivity index (χ4v) is 2.99. The minimum atomic E-state index is -1.49. The van der Waals surface area contributed by atoms with Crippen LogP contribution in [-0.2, 0) is 14.2 Å². The zero-order valence-electron chi connectivity index (χ0n) is 13.5. The van der Waals surface area contributed by atoms with Gasteiger partial charge >= 0.3 is 5.69 Å². The maximum Gasteiger partial charge on any atom is 0.351 e. The van der Waals surface area contributed by atoms with Crippen molar-refractivity contribution >= 4 is 5.82 Å². The van der Waals surface area contributed by atoms with Gasteiger partial charge in [-0.2, -0.15) is 4.98 Å². The Morgan fingerprint density at radius 3 is 2.35 bits per heavy atom. The first-order valence-corrected chi connectivity index (χ1v) is 7.94. The van der Waals surface area contributed by atoms with E-state index in [1.807, 2.05) is 0 Å². The van der Waals surface area contributed by atoms with Gasteiger partial charge < -0.3 is 45.5 Å². The normalized spacial score (nSPS) is 40.2. The second kappa shape index (κ2) is 7.54. The van der Waals surface area contributed by atoms with Crippen molar-refractivity contribution in [1.82, 2.24) is 9.55 Å².